The monoisotopic (exact) mass is 153 g/mol. The summed E-state index contributed by atoms with van der Waals surface area (Å²) in [6.07, 6.45) is 0. The van der Waals surface area contributed by atoms with Gasteiger partial charge in [0.15, 0.2) is 0 Å². The van der Waals surface area contributed by atoms with Gasteiger partial charge in [0.1, 0.15) is 0 Å². The molecule has 0 aliphatic heterocycles. The van der Waals surface area contributed by atoms with Gasteiger partial charge in [0.25, 0.3) is 0 Å². The van der Waals surface area contributed by atoms with Gasteiger partial charge in [-0.25, -0.2) is 0 Å². The average Bonchev–Trinajstić information content (AvgIpc) is 1.37. The van der Waals surface area contributed by atoms with E-state index < -0.39 is 0 Å². The fourth-order valence-corrected chi connectivity index (χ4v) is 0. The molecule has 0 spiro atoms. The standard InChI is InChI=1S/C2H2.Cu.Zn/c1-2;;/h1-2H;;. The van der Waals surface area contributed by atoms with Gasteiger partial charge in [-0.2, -0.15) is 0 Å². The molecule has 0 aliphatic carbocycles. The van der Waals surface area contributed by atoms with E-state index in [9.17, 15) is 0 Å². The van der Waals surface area contributed by atoms with Gasteiger partial charge >= 0.3 is 44.0 Å². The summed E-state index contributed by atoms with van der Waals surface area (Å²) < 4.78 is 1.93. The van der Waals surface area contributed by atoms with Gasteiger partial charge in [0.2, 0.25) is 0 Å². The molecule has 0 aromatic rings. The van der Waals surface area contributed by atoms with E-state index in [2.05, 4.69) is 16.0 Å². The van der Waals surface area contributed by atoms with Crippen LogP contribution in [0.2, 0.25) is 0 Å². The van der Waals surface area contributed by atoms with Crippen LogP contribution in [0.3, 0.4) is 0 Å². The first-order valence-electron chi connectivity index (χ1n) is 0.916. The van der Waals surface area contributed by atoms with Crippen molar-refractivity contribution < 1.29 is 34.3 Å². The summed E-state index contributed by atoms with van der Waals surface area (Å²) in [6, 6.07) is 0. The van der Waals surface area contributed by atoms with Crippen molar-refractivity contribution in [2.45, 2.75) is 0 Å². The van der Waals surface area contributed by atoms with Crippen LogP contribution in [0.4, 0.5) is 0 Å². The molecule has 23 valence electrons. The minimum atomic E-state index is 1.18. The van der Waals surface area contributed by atoms with E-state index in [0.29, 0.717) is 0 Å². The fraction of sp³-hybridized carbons (Fsp3) is 0. The molecule has 0 aromatic carbocycles. The van der Waals surface area contributed by atoms with Crippen LogP contribution in [0.15, 0.2) is 9.64 Å². The molecule has 0 aliphatic rings. The molecule has 0 rings (SSSR count). The molecular weight excluding hydrogens is 153 g/mol. The van der Waals surface area contributed by atoms with Gasteiger partial charge < -0.3 is 0 Å². The van der Waals surface area contributed by atoms with E-state index in [4.69, 9.17) is 0 Å². The normalized spacial score (nSPS) is 10.0. The van der Waals surface area contributed by atoms with Crippen molar-refractivity contribution in [3.05, 3.63) is 9.64 Å². The van der Waals surface area contributed by atoms with Crippen LogP contribution in [0.5, 0.6) is 0 Å². The predicted molar refractivity (Wildman–Crippen MR) is 9.14 cm³/mol. The van der Waals surface area contributed by atoms with Crippen LogP contribution in [-0.4, -0.2) is 0 Å². The van der Waals surface area contributed by atoms with Crippen LogP contribution in [0.1, 0.15) is 0 Å². The Balaban J connectivity index is 2.55. The predicted octanol–water partition coefficient (Wildman–Crippen LogP) is 0.551. The first-order chi connectivity index (χ1) is 1.91. The zero-order valence-electron chi connectivity index (χ0n) is 2.16. The quantitative estimate of drug-likeness (QED) is 0.448. The third-order valence-corrected chi connectivity index (χ3v) is 1.52. The van der Waals surface area contributed by atoms with Crippen molar-refractivity contribution in [2.24, 2.45) is 0 Å². The van der Waals surface area contributed by atoms with E-state index in [-0.39, 0.29) is 0 Å². The van der Waals surface area contributed by atoms with Gasteiger partial charge in [-0.15, -0.1) is 0 Å². The summed E-state index contributed by atoms with van der Waals surface area (Å²) in [7, 11) is 0. The van der Waals surface area contributed by atoms with Crippen molar-refractivity contribution in [3.63, 3.8) is 0 Å². The summed E-state index contributed by atoms with van der Waals surface area (Å²) in [5, 5.41) is 0. The zero-order valence-corrected chi connectivity index (χ0v) is 6.07. The Labute approximate surface area is 44.1 Å². The minimum absolute atomic E-state index is 1.18. The molecule has 0 N–H and O–H groups in total. The van der Waals surface area contributed by atoms with Gasteiger partial charge in [0, 0.05) is 0 Å². The Kier molecular flexibility index (Phi) is 4.74. The number of rotatable bonds is 0. The summed E-state index contributed by atoms with van der Waals surface area (Å²) >= 11 is 5.70. The third-order valence-electron chi connectivity index (χ3n) is 0.0711. The van der Waals surface area contributed by atoms with Crippen LogP contribution < -0.4 is 0 Å². The van der Waals surface area contributed by atoms with Crippen molar-refractivity contribution in [1.29, 1.82) is 0 Å². The molecule has 0 nitrogen and oxygen atoms in total. The Morgan fingerprint density at radius 3 is 2.00 bits per heavy atom. The number of hydrogen-bond acceptors (Lipinski definition) is 0. The summed E-state index contributed by atoms with van der Waals surface area (Å²) in [4.78, 5) is 1.62. The molecule has 0 saturated carbocycles. The molecule has 0 saturated heterocycles. The van der Waals surface area contributed by atoms with Crippen LogP contribution in [-0.2, 0) is 34.3 Å². The second kappa shape index (κ2) is 3.88. The van der Waals surface area contributed by atoms with Gasteiger partial charge in [-0.3, -0.25) is 0 Å². The van der Waals surface area contributed by atoms with Crippen LogP contribution in [0.25, 0.3) is 0 Å². The topological polar surface area (TPSA) is 0 Å². The molecule has 0 bridgehead atoms. The fourth-order valence-electron chi connectivity index (χ4n) is 0. The average molecular weight is 155 g/mol. The van der Waals surface area contributed by atoms with E-state index in [0.717, 1.165) is 0 Å². The molecule has 0 fully saturated rings. The Hall–Kier alpha value is 0.883. The Morgan fingerprint density at radius 2 is 2.00 bits per heavy atom. The van der Waals surface area contributed by atoms with Crippen molar-refractivity contribution in [2.75, 3.05) is 0 Å². The number of hydrogen-bond donors (Lipinski definition) is 0. The third kappa shape index (κ3) is 2.88. The molecule has 0 atom stereocenters. The molecule has 0 aromatic heterocycles. The molecular formula is C2H2CuZn. The first-order valence-corrected chi connectivity index (χ1v) is 3.17. The summed E-state index contributed by atoms with van der Waals surface area (Å²) in [5.41, 5.74) is 0. The maximum atomic E-state index is 4.52. The van der Waals surface area contributed by atoms with Crippen molar-refractivity contribution in [1.82, 2.24) is 0 Å². The van der Waals surface area contributed by atoms with Gasteiger partial charge in [-0.05, 0) is 0 Å². The van der Waals surface area contributed by atoms with E-state index in [1.54, 1.807) is 4.97 Å². The Bertz CT molecular complexity index is 21.2. The molecule has 2 heteroatoms. The Morgan fingerprint density at radius 1 is 1.75 bits per heavy atom. The molecule has 0 radical (unpaired) electrons. The van der Waals surface area contributed by atoms with E-state index >= 15 is 0 Å². The summed E-state index contributed by atoms with van der Waals surface area (Å²) in [6.45, 7) is 0. The van der Waals surface area contributed by atoms with Crippen LogP contribution >= 0.6 is 0 Å². The SMILES string of the molecule is [Cu][CH]=[CH][Zn]. The van der Waals surface area contributed by atoms with Gasteiger partial charge in [0.05, 0.1) is 0 Å². The maximum absolute atomic E-state index is 4.52. The summed E-state index contributed by atoms with van der Waals surface area (Å²) in [5.74, 6) is 0. The zero-order chi connectivity index (χ0) is 3.41. The van der Waals surface area contributed by atoms with E-state index in [1.165, 1.54) is 18.3 Å². The van der Waals surface area contributed by atoms with E-state index in [1.807, 2.05) is 4.67 Å². The second-order valence-corrected chi connectivity index (χ2v) is 1.64. The first kappa shape index (κ1) is 4.88. The van der Waals surface area contributed by atoms with Gasteiger partial charge in [-0.1, -0.05) is 0 Å². The van der Waals surface area contributed by atoms with Crippen LogP contribution in [0, 0.1) is 0 Å². The molecule has 4 heavy (non-hydrogen) atoms. The second-order valence-electron chi connectivity index (χ2n) is 0.336. The van der Waals surface area contributed by atoms with Crippen molar-refractivity contribution in [3.8, 4) is 0 Å². The molecule has 0 unspecified atom stereocenters. The molecule has 0 amide bonds. The van der Waals surface area contributed by atoms with Crippen molar-refractivity contribution >= 4 is 0 Å². The molecule has 0 heterocycles.